The van der Waals surface area contributed by atoms with Gasteiger partial charge in [-0.05, 0) is 59.9 Å². The Morgan fingerprint density at radius 3 is 2.55 bits per heavy atom. The monoisotopic (exact) mass is 382 g/mol. The van der Waals surface area contributed by atoms with E-state index >= 15 is 0 Å². The molecule has 5 rings (SSSR count). The number of hydrogen-bond acceptors (Lipinski definition) is 2. The van der Waals surface area contributed by atoms with Crippen LogP contribution in [0.3, 0.4) is 0 Å². The van der Waals surface area contributed by atoms with Gasteiger partial charge in [0.1, 0.15) is 0 Å². The number of aryl methyl sites for hydroxylation is 1. The van der Waals surface area contributed by atoms with Crippen molar-refractivity contribution in [2.75, 3.05) is 16.8 Å². The Balaban J connectivity index is 1.30. The van der Waals surface area contributed by atoms with E-state index in [0.29, 0.717) is 6.54 Å². The summed E-state index contributed by atoms with van der Waals surface area (Å²) in [6, 6.07) is 22.3. The normalized spacial score (nSPS) is 17.2. The molecule has 1 aliphatic carbocycles. The van der Waals surface area contributed by atoms with Crippen molar-refractivity contribution in [1.29, 1.82) is 0 Å². The molecule has 144 valence electrons. The van der Waals surface area contributed by atoms with E-state index < -0.39 is 0 Å². The highest BCUT2D eigenvalue weighted by Crippen LogP contribution is 2.37. The van der Waals surface area contributed by atoms with Crippen molar-refractivity contribution in [3.8, 4) is 11.1 Å². The molecule has 1 atom stereocenters. The van der Waals surface area contributed by atoms with Crippen LogP contribution in [-0.2, 0) is 16.0 Å². The van der Waals surface area contributed by atoms with Crippen molar-refractivity contribution in [2.45, 2.75) is 19.8 Å². The van der Waals surface area contributed by atoms with E-state index in [9.17, 15) is 9.59 Å². The van der Waals surface area contributed by atoms with E-state index in [4.69, 9.17) is 0 Å². The molecule has 1 saturated heterocycles. The molecule has 3 aromatic rings. The number of anilines is 2. The predicted molar refractivity (Wildman–Crippen MR) is 115 cm³/mol. The smallest absolute Gasteiger partial charge is 0.229 e. The van der Waals surface area contributed by atoms with E-state index in [1.54, 1.807) is 4.90 Å². The molecule has 1 N–H and O–H groups in total. The van der Waals surface area contributed by atoms with Gasteiger partial charge in [-0.3, -0.25) is 9.59 Å². The summed E-state index contributed by atoms with van der Waals surface area (Å²) < 4.78 is 0. The van der Waals surface area contributed by atoms with Gasteiger partial charge in [0.25, 0.3) is 0 Å². The van der Waals surface area contributed by atoms with Crippen LogP contribution in [0.2, 0.25) is 0 Å². The van der Waals surface area contributed by atoms with Crippen LogP contribution in [0.25, 0.3) is 11.1 Å². The molecule has 3 aromatic carbocycles. The summed E-state index contributed by atoms with van der Waals surface area (Å²) in [4.78, 5) is 27.0. The first-order chi connectivity index (χ1) is 14.1. The number of nitrogens with zero attached hydrogens (tertiary/aromatic N) is 1. The second kappa shape index (κ2) is 6.89. The lowest BCUT2D eigenvalue weighted by Gasteiger charge is -2.17. The number of fused-ring (bicyclic) bond motifs is 3. The van der Waals surface area contributed by atoms with E-state index in [0.717, 1.165) is 23.4 Å². The molecule has 0 unspecified atom stereocenters. The van der Waals surface area contributed by atoms with Crippen molar-refractivity contribution in [3.05, 3.63) is 83.4 Å². The van der Waals surface area contributed by atoms with Crippen LogP contribution in [0.15, 0.2) is 66.7 Å². The van der Waals surface area contributed by atoms with E-state index in [1.807, 2.05) is 37.3 Å². The van der Waals surface area contributed by atoms with Gasteiger partial charge in [-0.2, -0.15) is 0 Å². The number of benzene rings is 3. The van der Waals surface area contributed by atoms with Crippen molar-refractivity contribution in [1.82, 2.24) is 0 Å². The number of amides is 2. The third-order valence-corrected chi connectivity index (χ3v) is 5.90. The summed E-state index contributed by atoms with van der Waals surface area (Å²) >= 11 is 0. The lowest BCUT2D eigenvalue weighted by molar-refractivity contribution is -0.122. The first-order valence-corrected chi connectivity index (χ1v) is 9.97. The lowest BCUT2D eigenvalue weighted by atomic mass is 10.0. The molecule has 0 radical (unpaired) electrons. The molecule has 2 amide bonds. The summed E-state index contributed by atoms with van der Waals surface area (Å²) in [5.41, 5.74) is 7.85. The predicted octanol–water partition coefficient (Wildman–Crippen LogP) is 4.56. The van der Waals surface area contributed by atoms with Crippen LogP contribution in [0.5, 0.6) is 0 Å². The Morgan fingerprint density at radius 1 is 0.966 bits per heavy atom. The highest BCUT2D eigenvalue weighted by atomic mass is 16.2. The van der Waals surface area contributed by atoms with E-state index in [1.165, 1.54) is 22.3 Å². The van der Waals surface area contributed by atoms with Gasteiger partial charge in [0.15, 0.2) is 0 Å². The zero-order chi connectivity index (χ0) is 20.0. The molecular formula is C25H22N2O2. The Bertz CT molecular complexity index is 1120. The minimum Gasteiger partial charge on any atom is -0.326 e. The minimum absolute atomic E-state index is 0.00148. The molecule has 1 fully saturated rings. The average Bonchev–Trinajstić information content (AvgIpc) is 3.29. The van der Waals surface area contributed by atoms with Crippen molar-refractivity contribution < 1.29 is 9.59 Å². The van der Waals surface area contributed by atoms with Gasteiger partial charge in [0.05, 0.1) is 5.92 Å². The minimum atomic E-state index is -0.339. The number of carbonyl (C=O) groups excluding carboxylic acids is 2. The average molecular weight is 382 g/mol. The molecule has 0 bridgehead atoms. The molecule has 1 heterocycles. The largest absolute Gasteiger partial charge is 0.326 e. The Labute approximate surface area is 170 Å². The Kier molecular flexibility index (Phi) is 4.20. The summed E-state index contributed by atoms with van der Waals surface area (Å²) in [6.45, 7) is 2.44. The quantitative estimate of drug-likeness (QED) is 0.565. The van der Waals surface area contributed by atoms with E-state index in [2.05, 4.69) is 41.7 Å². The third-order valence-electron chi connectivity index (χ3n) is 5.90. The highest BCUT2D eigenvalue weighted by Gasteiger charge is 2.35. The molecule has 29 heavy (non-hydrogen) atoms. The molecule has 0 spiro atoms. The van der Waals surface area contributed by atoms with Gasteiger partial charge in [0.2, 0.25) is 11.8 Å². The fourth-order valence-electron chi connectivity index (χ4n) is 4.32. The lowest BCUT2D eigenvalue weighted by Crippen LogP contribution is -2.28. The molecular weight excluding hydrogens is 360 g/mol. The summed E-state index contributed by atoms with van der Waals surface area (Å²) in [6.07, 6.45) is 1.13. The number of carbonyl (C=O) groups is 2. The summed E-state index contributed by atoms with van der Waals surface area (Å²) in [7, 11) is 0. The van der Waals surface area contributed by atoms with E-state index in [-0.39, 0.29) is 24.2 Å². The van der Waals surface area contributed by atoms with Gasteiger partial charge in [0, 0.05) is 24.3 Å². The van der Waals surface area contributed by atoms with Crippen molar-refractivity contribution in [3.63, 3.8) is 0 Å². The number of nitrogens with one attached hydrogen (secondary N) is 1. The van der Waals surface area contributed by atoms with Gasteiger partial charge in [-0.25, -0.2) is 0 Å². The maximum atomic E-state index is 12.8. The van der Waals surface area contributed by atoms with Crippen LogP contribution in [0.4, 0.5) is 11.4 Å². The Morgan fingerprint density at radius 2 is 1.72 bits per heavy atom. The second-order valence-corrected chi connectivity index (χ2v) is 7.94. The van der Waals surface area contributed by atoms with Crippen LogP contribution in [-0.4, -0.2) is 18.4 Å². The second-order valence-electron chi connectivity index (χ2n) is 7.94. The standard InChI is InChI=1S/C25H22N2O2/c1-16-6-9-21(10-7-16)27-15-19(14-24(27)28)25(29)26-20-8-11-23-18(13-20)12-17-4-2-3-5-22(17)23/h2-11,13,19H,12,14-15H2,1H3,(H,26,29)/t19-/m0/s1. The first-order valence-electron chi connectivity index (χ1n) is 9.97. The number of rotatable bonds is 3. The maximum Gasteiger partial charge on any atom is 0.229 e. The zero-order valence-corrected chi connectivity index (χ0v) is 16.3. The summed E-state index contributed by atoms with van der Waals surface area (Å²) in [5.74, 6) is -0.434. The molecule has 4 nitrogen and oxygen atoms in total. The van der Waals surface area contributed by atoms with Crippen molar-refractivity contribution in [2.24, 2.45) is 5.92 Å². The number of hydrogen-bond donors (Lipinski definition) is 1. The molecule has 0 aromatic heterocycles. The van der Waals surface area contributed by atoms with Crippen molar-refractivity contribution >= 4 is 23.2 Å². The highest BCUT2D eigenvalue weighted by molar-refractivity contribution is 6.03. The summed E-state index contributed by atoms with van der Waals surface area (Å²) in [5, 5.41) is 3.02. The third kappa shape index (κ3) is 3.21. The van der Waals surface area contributed by atoms with Gasteiger partial charge in [-0.1, -0.05) is 48.0 Å². The van der Waals surface area contributed by atoms with Crippen LogP contribution in [0, 0.1) is 12.8 Å². The van der Waals surface area contributed by atoms with Gasteiger partial charge in [-0.15, -0.1) is 0 Å². The molecule has 0 saturated carbocycles. The first kappa shape index (κ1) is 17.7. The van der Waals surface area contributed by atoms with Gasteiger partial charge < -0.3 is 10.2 Å². The fraction of sp³-hybridized carbons (Fsp3) is 0.200. The molecule has 4 heteroatoms. The van der Waals surface area contributed by atoms with Crippen LogP contribution in [0.1, 0.15) is 23.1 Å². The zero-order valence-electron chi connectivity index (χ0n) is 16.3. The topological polar surface area (TPSA) is 49.4 Å². The molecule has 1 aliphatic heterocycles. The SMILES string of the molecule is Cc1ccc(N2C[C@@H](C(=O)Nc3ccc4c(c3)Cc3ccccc3-4)CC2=O)cc1. The maximum absolute atomic E-state index is 12.8. The van der Waals surface area contributed by atoms with Crippen LogP contribution < -0.4 is 10.2 Å². The van der Waals surface area contributed by atoms with Gasteiger partial charge >= 0.3 is 0 Å². The molecule has 2 aliphatic rings. The fourth-order valence-corrected chi connectivity index (χ4v) is 4.32. The Hall–Kier alpha value is -3.40. The van der Waals surface area contributed by atoms with Crippen LogP contribution >= 0.6 is 0 Å².